The van der Waals surface area contributed by atoms with E-state index in [2.05, 4.69) is 38.3 Å². The Morgan fingerprint density at radius 1 is 1.10 bits per heavy atom. The first-order chi connectivity index (χ1) is 19.8. The fourth-order valence-electron chi connectivity index (χ4n) is 7.11. The summed E-state index contributed by atoms with van der Waals surface area (Å²) in [5, 5.41) is 5.60. The number of aromatic nitrogens is 3. The lowest BCUT2D eigenvalue weighted by atomic mass is 9.71. The minimum absolute atomic E-state index is 0.0467. The first-order valence-corrected chi connectivity index (χ1v) is 15.1. The van der Waals surface area contributed by atoms with Crippen molar-refractivity contribution in [3.8, 4) is 11.3 Å². The number of piperazine rings is 1. The summed E-state index contributed by atoms with van der Waals surface area (Å²) in [6.45, 7) is 11.8. The fraction of sp³-hybridized carbons (Fsp3) is 0.531. The summed E-state index contributed by atoms with van der Waals surface area (Å²) < 4.78 is 8.95. The molecule has 3 aliphatic rings. The van der Waals surface area contributed by atoms with Crippen LogP contribution in [0.5, 0.6) is 0 Å². The molecule has 0 spiro atoms. The number of fused-ring (bicyclic) bond motifs is 5. The third-order valence-corrected chi connectivity index (χ3v) is 9.89. The number of nitrogens with zero attached hydrogens (tertiary/aromatic N) is 5. The van der Waals surface area contributed by atoms with Crippen LogP contribution >= 0.6 is 11.6 Å². The lowest BCUT2D eigenvalue weighted by Crippen LogP contribution is -2.69. The SMILES string of the molecule is COC(=O)C1(C)CCC(C(=O)N2CCN3C(=O)c4cn5nc(-c6ccc(Cl)cc6)cc(C(C)(C)C)c5[n+]4C3(C)C2)CC1. The zero-order valence-electron chi connectivity index (χ0n) is 25.2. The van der Waals surface area contributed by atoms with Crippen molar-refractivity contribution in [2.24, 2.45) is 11.3 Å². The minimum atomic E-state index is -0.756. The highest BCUT2D eigenvalue weighted by atomic mass is 35.5. The number of carbonyl (C=O) groups is 3. The van der Waals surface area contributed by atoms with Gasteiger partial charge in [0.2, 0.25) is 17.3 Å². The van der Waals surface area contributed by atoms with E-state index in [0.717, 1.165) is 22.5 Å². The van der Waals surface area contributed by atoms with Crippen LogP contribution in [0.25, 0.3) is 16.9 Å². The minimum Gasteiger partial charge on any atom is -0.469 e. The van der Waals surface area contributed by atoms with Crippen LogP contribution < -0.4 is 4.57 Å². The average Bonchev–Trinajstić information content (AvgIpc) is 3.45. The van der Waals surface area contributed by atoms with Gasteiger partial charge in [0.15, 0.2) is 6.20 Å². The van der Waals surface area contributed by atoms with E-state index < -0.39 is 11.1 Å². The van der Waals surface area contributed by atoms with Gasteiger partial charge in [0.1, 0.15) is 5.69 Å². The lowest BCUT2D eigenvalue weighted by molar-refractivity contribution is -0.749. The van der Waals surface area contributed by atoms with E-state index in [-0.39, 0.29) is 29.1 Å². The number of benzene rings is 1. The summed E-state index contributed by atoms with van der Waals surface area (Å²) in [6, 6.07) is 9.70. The van der Waals surface area contributed by atoms with Gasteiger partial charge in [-0.15, -0.1) is 0 Å². The third-order valence-electron chi connectivity index (χ3n) is 9.64. The van der Waals surface area contributed by atoms with E-state index in [1.54, 1.807) is 0 Å². The molecule has 222 valence electrons. The Kier molecular flexibility index (Phi) is 6.68. The monoisotopic (exact) mass is 592 g/mol. The van der Waals surface area contributed by atoms with Gasteiger partial charge in [-0.1, -0.05) is 54.1 Å². The number of carbonyl (C=O) groups excluding carboxylic acids is 3. The number of rotatable bonds is 3. The second kappa shape index (κ2) is 9.79. The van der Waals surface area contributed by atoms with E-state index in [0.29, 0.717) is 56.0 Å². The molecule has 2 aromatic heterocycles. The molecule has 1 atom stereocenters. The van der Waals surface area contributed by atoms with Crippen LogP contribution in [0.4, 0.5) is 0 Å². The van der Waals surface area contributed by atoms with Crippen LogP contribution in [-0.4, -0.2) is 63.9 Å². The highest BCUT2D eigenvalue weighted by Crippen LogP contribution is 2.41. The molecule has 1 saturated heterocycles. The number of hydrogen-bond acceptors (Lipinski definition) is 5. The molecule has 42 heavy (non-hydrogen) atoms. The van der Waals surface area contributed by atoms with Crippen molar-refractivity contribution in [3.05, 3.63) is 52.8 Å². The van der Waals surface area contributed by atoms with Gasteiger partial charge in [0.05, 0.1) is 24.6 Å². The molecule has 2 aliphatic heterocycles. The molecule has 6 rings (SSSR count). The van der Waals surface area contributed by atoms with Crippen molar-refractivity contribution < 1.29 is 23.7 Å². The quantitative estimate of drug-likeness (QED) is 0.328. The number of esters is 1. The second-order valence-corrected chi connectivity index (χ2v) is 14.0. The molecule has 0 N–H and O–H groups in total. The number of amides is 2. The van der Waals surface area contributed by atoms with Gasteiger partial charge >= 0.3 is 17.5 Å². The molecule has 4 heterocycles. The van der Waals surface area contributed by atoms with E-state index >= 15 is 0 Å². The number of methoxy groups -OCH3 is 1. The average molecular weight is 593 g/mol. The van der Waals surface area contributed by atoms with Crippen LogP contribution in [-0.2, 0) is 25.4 Å². The zero-order valence-corrected chi connectivity index (χ0v) is 26.0. The van der Waals surface area contributed by atoms with Crippen molar-refractivity contribution in [3.63, 3.8) is 0 Å². The van der Waals surface area contributed by atoms with Crippen molar-refractivity contribution in [1.82, 2.24) is 19.4 Å². The van der Waals surface area contributed by atoms with E-state index in [4.69, 9.17) is 21.4 Å². The molecule has 1 aromatic carbocycles. The third kappa shape index (κ3) is 4.39. The van der Waals surface area contributed by atoms with Crippen LogP contribution in [0.2, 0.25) is 5.02 Å². The molecule has 2 amide bonds. The van der Waals surface area contributed by atoms with Crippen molar-refractivity contribution >= 4 is 35.0 Å². The maximum Gasteiger partial charge on any atom is 0.313 e. The smallest absolute Gasteiger partial charge is 0.313 e. The Labute approximate surface area is 251 Å². The first kappa shape index (κ1) is 28.6. The van der Waals surface area contributed by atoms with E-state index in [9.17, 15) is 14.4 Å². The molecule has 0 radical (unpaired) electrons. The van der Waals surface area contributed by atoms with Gasteiger partial charge in [-0.25, -0.2) is 0 Å². The standard InChI is InChI=1S/C32H39ClN5O4/c1-30(2,3)23-17-24(20-7-9-22(33)10-8-20)34-37-18-25-28(40)36-16-15-35(19-32(36,5)38(25)26(23)37)27(39)21-11-13-31(4,14-12-21)29(41)42-6/h7-10,17-18,21H,11-16,19H2,1-6H3/q+1. The van der Waals surface area contributed by atoms with Crippen molar-refractivity contribution in [2.45, 2.75) is 71.4 Å². The molecule has 1 unspecified atom stereocenters. The Bertz CT molecular complexity index is 1600. The van der Waals surface area contributed by atoms with Crippen molar-refractivity contribution in [1.29, 1.82) is 0 Å². The number of imidazole rings is 1. The van der Waals surface area contributed by atoms with Gasteiger partial charge < -0.3 is 9.64 Å². The van der Waals surface area contributed by atoms with Gasteiger partial charge in [0.25, 0.3) is 0 Å². The van der Waals surface area contributed by atoms with Crippen LogP contribution in [0.1, 0.15) is 76.4 Å². The van der Waals surface area contributed by atoms with Crippen LogP contribution in [0.15, 0.2) is 36.5 Å². The summed E-state index contributed by atoms with van der Waals surface area (Å²) in [4.78, 5) is 43.8. The fourth-order valence-corrected chi connectivity index (χ4v) is 7.23. The Morgan fingerprint density at radius 3 is 2.38 bits per heavy atom. The Balaban J connectivity index is 1.37. The summed E-state index contributed by atoms with van der Waals surface area (Å²) in [6.07, 6.45) is 4.40. The Hall–Kier alpha value is -3.46. The first-order valence-electron chi connectivity index (χ1n) is 14.7. The van der Waals surface area contributed by atoms with E-state index in [1.165, 1.54) is 7.11 Å². The summed E-state index contributed by atoms with van der Waals surface area (Å²) in [7, 11) is 1.42. The van der Waals surface area contributed by atoms with Gasteiger partial charge in [-0.2, -0.15) is 4.57 Å². The number of hydrogen-bond donors (Lipinski definition) is 0. The van der Waals surface area contributed by atoms with Crippen LogP contribution in [0, 0.1) is 11.3 Å². The predicted octanol–water partition coefficient (Wildman–Crippen LogP) is 4.58. The van der Waals surface area contributed by atoms with Crippen LogP contribution in [0.3, 0.4) is 0 Å². The lowest BCUT2D eigenvalue weighted by Gasteiger charge is -2.44. The molecular weight excluding hydrogens is 554 g/mol. The zero-order chi connectivity index (χ0) is 30.2. The maximum atomic E-state index is 13.9. The number of ether oxygens (including phenoxy) is 1. The van der Waals surface area contributed by atoms with Gasteiger partial charge in [-0.05, 0) is 56.2 Å². The molecule has 3 aromatic rings. The number of halogens is 1. The molecule has 0 bridgehead atoms. The molecule has 1 aliphatic carbocycles. The second-order valence-electron chi connectivity index (χ2n) is 13.6. The largest absolute Gasteiger partial charge is 0.469 e. The summed E-state index contributed by atoms with van der Waals surface area (Å²) in [5.74, 6) is -0.286. The van der Waals surface area contributed by atoms with Gasteiger partial charge in [0, 0.05) is 36.5 Å². The van der Waals surface area contributed by atoms with Crippen molar-refractivity contribution in [2.75, 3.05) is 26.7 Å². The maximum absolute atomic E-state index is 13.9. The predicted molar refractivity (Wildman–Crippen MR) is 158 cm³/mol. The highest BCUT2D eigenvalue weighted by molar-refractivity contribution is 6.30. The van der Waals surface area contributed by atoms with Gasteiger partial charge in [-0.3, -0.25) is 19.3 Å². The molecular formula is C32H39ClN5O4+. The summed E-state index contributed by atoms with van der Waals surface area (Å²) >= 11 is 6.14. The topological polar surface area (TPSA) is 88.1 Å². The molecule has 9 nitrogen and oxygen atoms in total. The highest BCUT2D eigenvalue weighted by Gasteiger charge is 2.58. The van der Waals surface area contributed by atoms with E-state index in [1.807, 2.05) is 51.7 Å². The normalized spacial score (nSPS) is 25.9. The Morgan fingerprint density at radius 2 is 1.76 bits per heavy atom. The molecule has 1 saturated carbocycles. The molecule has 10 heteroatoms. The summed E-state index contributed by atoms with van der Waals surface area (Å²) in [5.41, 5.74) is 2.68. The molecule has 2 fully saturated rings.